The summed E-state index contributed by atoms with van der Waals surface area (Å²) in [6.07, 6.45) is 0. The minimum atomic E-state index is 0.570. The molecule has 0 aliphatic heterocycles. The normalized spacial score (nSPS) is 11.0. The Kier molecular flexibility index (Phi) is 3.44. The highest BCUT2D eigenvalue weighted by Crippen LogP contribution is 2.31. The van der Waals surface area contributed by atoms with Gasteiger partial charge in [-0.25, -0.2) is 4.98 Å². The quantitative estimate of drug-likeness (QED) is 0.708. The first-order chi connectivity index (χ1) is 9.58. The molecule has 20 heavy (non-hydrogen) atoms. The molecule has 0 fully saturated rings. The number of nitrogens with one attached hydrogen (secondary N) is 1. The van der Waals surface area contributed by atoms with Crippen LogP contribution in [0.25, 0.3) is 22.4 Å². The predicted molar refractivity (Wildman–Crippen MR) is 85.5 cm³/mol. The van der Waals surface area contributed by atoms with Crippen molar-refractivity contribution in [3.8, 4) is 17.1 Å². The van der Waals surface area contributed by atoms with Gasteiger partial charge in [0.15, 0.2) is 0 Å². The zero-order chi connectivity index (χ0) is 14.3. The fourth-order valence-corrected chi connectivity index (χ4v) is 3.08. The molecule has 0 bridgehead atoms. The van der Waals surface area contributed by atoms with Gasteiger partial charge in [0.1, 0.15) is 17.1 Å². The molecule has 0 spiro atoms. The van der Waals surface area contributed by atoms with Gasteiger partial charge in [-0.15, -0.1) is 0 Å². The number of aryl methyl sites for hydroxylation is 1. The van der Waals surface area contributed by atoms with Crippen LogP contribution in [0.15, 0.2) is 34.8 Å². The van der Waals surface area contributed by atoms with Crippen molar-refractivity contribution in [3.05, 3.63) is 45.4 Å². The Morgan fingerprint density at radius 3 is 2.75 bits per heavy atom. The second-order valence-corrected chi connectivity index (χ2v) is 5.84. The topological polar surface area (TPSA) is 37.9 Å². The zero-order valence-electron chi connectivity index (χ0n) is 11.0. The lowest BCUT2D eigenvalue weighted by molar-refractivity contribution is 0.415. The number of nitrogens with zero attached hydrogens (tertiary/aromatic N) is 1. The SMILES string of the molecule is COc1ccc(-c2nc3c(Br)cc(C)cc3[nH]2)cc1Cl. The third-order valence-electron chi connectivity index (χ3n) is 3.11. The second-order valence-electron chi connectivity index (χ2n) is 4.58. The predicted octanol–water partition coefficient (Wildman–Crippen LogP) is 4.96. The summed E-state index contributed by atoms with van der Waals surface area (Å²) >= 11 is 9.70. The van der Waals surface area contributed by atoms with Gasteiger partial charge in [-0.05, 0) is 58.7 Å². The number of methoxy groups -OCH3 is 1. The van der Waals surface area contributed by atoms with Crippen LogP contribution in [0, 0.1) is 6.92 Å². The summed E-state index contributed by atoms with van der Waals surface area (Å²) in [6.45, 7) is 2.05. The molecule has 0 aliphatic rings. The molecule has 0 aliphatic carbocycles. The number of rotatable bonds is 2. The lowest BCUT2D eigenvalue weighted by Gasteiger charge is -2.03. The highest BCUT2D eigenvalue weighted by atomic mass is 79.9. The van der Waals surface area contributed by atoms with Crippen LogP contribution < -0.4 is 4.74 Å². The molecule has 0 amide bonds. The molecule has 5 heteroatoms. The van der Waals surface area contributed by atoms with Crippen LogP contribution in [0.1, 0.15) is 5.56 Å². The highest BCUT2D eigenvalue weighted by Gasteiger charge is 2.10. The third kappa shape index (κ3) is 2.30. The Labute approximate surface area is 130 Å². The van der Waals surface area contributed by atoms with Crippen molar-refractivity contribution in [2.75, 3.05) is 7.11 Å². The van der Waals surface area contributed by atoms with Crippen molar-refractivity contribution in [1.82, 2.24) is 9.97 Å². The number of aromatic nitrogens is 2. The van der Waals surface area contributed by atoms with Gasteiger partial charge in [-0.1, -0.05) is 11.6 Å². The van der Waals surface area contributed by atoms with E-state index in [1.165, 1.54) is 5.56 Å². The Bertz CT molecular complexity index is 798. The van der Waals surface area contributed by atoms with Crippen LogP contribution in [-0.4, -0.2) is 17.1 Å². The van der Waals surface area contributed by atoms with E-state index in [1.807, 2.05) is 24.3 Å². The lowest BCUT2D eigenvalue weighted by atomic mass is 10.2. The van der Waals surface area contributed by atoms with Gasteiger partial charge in [0.05, 0.1) is 17.6 Å². The van der Waals surface area contributed by atoms with Crippen LogP contribution in [0.4, 0.5) is 0 Å². The van der Waals surface area contributed by atoms with Crippen LogP contribution in [0.2, 0.25) is 5.02 Å². The van der Waals surface area contributed by atoms with E-state index in [0.29, 0.717) is 10.8 Å². The van der Waals surface area contributed by atoms with Gasteiger partial charge in [0, 0.05) is 10.0 Å². The van der Waals surface area contributed by atoms with Crippen molar-refractivity contribution in [3.63, 3.8) is 0 Å². The van der Waals surface area contributed by atoms with Crippen LogP contribution in [-0.2, 0) is 0 Å². The molecule has 1 heterocycles. The Morgan fingerprint density at radius 2 is 2.05 bits per heavy atom. The largest absolute Gasteiger partial charge is 0.495 e. The summed E-state index contributed by atoms with van der Waals surface area (Å²) in [4.78, 5) is 7.94. The zero-order valence-corrected chi connectivity index (χ0v) is 13.3. The van der Waals surface area contributed by atoms with E-state index in [2.05, 4.69) is 38.9 Å². The van der Waals surface area contributed by atoms with Gasteiger partial charge >= 0.3 is 0 Å². The first kappa shape index (κ1) is 13.5. The number of hydrogen-bond donors (Lipinski definition) is 1. The van der Waals surface area contributed by atoms with E-state index in [0.717, 1.165) is 26.9 Å². The molecule has 1 N–H and O–H groups in total. The van der Waals surface area contributed by atoms with Gasteiger partial charge in [-0.2, -0.15) is 0 Å². The Morgan fingerprint density at radius 1 is 1.25 bits per heavy atom. The number of halogens is 2. The van der Waals surface area contributed by atoms with Crippen molar-refractivity contribution in [2.24, 2.45) is 0 Å². The maximum atomic E-state index is 6.16. The van der Waals surface area contributed by atoms with Crippen molar-refractivity contribution >= 4 is 38.6 Å². The molecule has 3 nitrogen and oxygen atoms in total. The fraction of sp³-hybridized carbons (Fsp3) is 0.133. The van der Waals surface area contributed by atoms with E-state index in [4.69, 9.17) is 16.3 Å². The first-order valence-corrected chi connectivity index (χ1v) is 7.25. The average Bonchev–Trinajstić information content (AvgIpc) is 2.82. The number of fused-ring (bicyclic) bond motifs is 1. The van der Waals surface area contributed by atoms with Gasteiger partial charge < -0.3 is 9.72 Å². The molecule has 2 aromatic carbocycles. The van der Waals surface area contributed by atoms with E-state index >= 15 is 0 Å². The minimum Gasteiger partial charge on any atom is -0.495 e. The molecule has 0 unspecified atom stereocenters. The molecular formula is C15H12BrClN2O. The second kappa shape index (κ2) is 5.11. The molecule has 0 saturated carbocycles. The Hall–Kier alpha value is -1.52. The lowest BCUT2D eigenvalue weighted by Crippen LogP contribution is -1.86. The molecule has 3 rings (SSSR count). The maximum Gasteiger partial charge on any atom is 0.138 e. The number of benzene rings is 2. The summed E-state index contributed by atoms with van der Waals surface area (Å²) in [7, 11) is 1.60. The standard InChI is InChI=1S/C15H12BrClN2O/c1-8-5-10(16)14-12(6-8)18-15(19-14)9-3-4-13(20-2)11(17)7-9/h3-7H,1-2H3,(H,18,19). The minimum absolute atomic E-state index is 0.570. The molecule has 0 saturated heterocycles. The molecule has 0 radical (unpaired) electrons. The molecular weight excluding hydrogens is 340 g/mol. The van der Waals surface area contributed by atoms with Crippen LogP contribution >= 0.6 is 27.5 Å². The number of hydrogen-bond acceptors (Lipinski definition) is 2. The molecule has 1 aromatic heterocycles. The van der Waals surface area contributed by atoms with Crippen molar-refractivity contribution in [1.29, 1.82) is 0 Å². The van der Waals surface area contributed by atoms with E-state index in [1.54, 1.807) is 7.11 Å². The van der Waals surface area contributed by atoms with E-state index < -0.39 is 0 Å². The number of aromatic amines is 1. The number of ether oxygens (including phenoxy) is 1. The highest BCUT2D eigenvalue weighted by molar-refractivity contribution is 9.10. The van der Waals surface area contributed by atoms with Crippen LogP contribution in [0.3, 0.4) is 0 Å². The summed E-state index contributed by atoms with van der Waals surface area (Å²) < 4.78 is 6.14. The van der Waals surface area contributed by atoms with E-state index in [-0.39, 0.29) is 0 Å². The van der Waals surface area contributed by atoms with Crippen molar-refractivity contribution < 1.29 is 4.74 Å². The average molecular weight is 352 g/mol. The maximum absolute atomic E-state index is 6.16. The van der Waals surface area contributed by atoms with E-state index in [9.17, 15) is 0 Å². The fourth-order valence-electron chi connectivity index (χ4n) is 2.16. The number of H-pyrrole nitrogens is 1. The summed E-state index contributed by atoms with van der Waals surface area (Å²) in [6, 6.07) is 9.74. The smallest absolute Gasteiger partial charge is 0.138 e. The number of imidazole rings is 1. The summed E-state index contributed by atoms with van der Waals surface area (Å²) in [5, 5.41) is 0.570. The van der Waals surface area contributed by atoms with Gasteiger partial charge in [0.2, 0.25) is 0 Å². The molecule has 0 atom stereocenters. The van der Waals surface area contributed by atoms with Crippen LogP contribution in [0.5, 0.6) is 5.75 Å². The van der Waals surface area contributed by atoms with Gasteiger partial charge in [-0.3, -0.25) is 0 Å². The van der Waals surface area contributed by atoms with Gasteiger partial charge in [0.25, 0.3) is 0 Å². The Balaban J connectivity index is 2.15. The first-order valence-electron chi connectivity index (χ1n) is 6.08. The summed E-state index contributed by atoms with van der Waals surface area (Å²) in [5.74, 6) is 1.44. The van der Waals surface area contributed by atoms with Crippen molar-refractivity contribution in [2.45, 2.75) is 6.92 Å². The molecule has 102 valence electrons. The third-order valence-corrected chi connectivity index (χ3v) is 4.01. The summed E-state index contributed by atoms with van der Waals surface area (Å²) in [5.41, 5.74) is 4.01. The monoisotopic (exact) mass is 350 g/mol. The molecule has 3 aromatic rings.